The van der Waals surface area contributed by atoms with Crippen molar-refractivity contribution < 1.29 is 0 Å². The highest BCUT2D eigenvalue weighted by atomic mass is 14.9. The standard InChI is InChI=1S/C18H22N2/c1-13-10-11-15(12-20-13)18(19-2)17-9-5-7-14-6-3-4-8-16(14)17/h3-4,6,8,10-12,17-19H,5,7,9H2,1-2H3. The van der Waals surface area contributed by atoms with Gasteiger partial charge in [-0.2, -0.15) is 0 Å². The molecule has 2 nitrogen and oxygen atoms in total. The van der Waals surface area contributed by atoms with Crippen LogP contribution in [-0.2, 0) is 6.42 Å². The van der Waals surface area contributed by atoms with Crippen molar-refractivity contribution in [1.82, 2.24) is 10.3 Å². The van der Waals surface area contributed by atoms with Crippen LogP contribution in [0.4, 0.5) is 0 Å². The van der Waals surface area contributed by atoms with Crippen LogP contribution in [0.5, 0.6) is 0 Å². The average Bonchev–Trinajstić information content (AvgIpc) is 2.50. The first-order valence-electron chi connectivity index (χ1n) is 7.47. The van der Waals surface area contributed by atoms with E-state index in [-0.39, 0.29) is 0 Å². The lowest BCUT2D eigenvalue weighted by atomic mass is 9.77. The van der Waals surface area contributed by atoms with Crippen molar-refractivity contribution in [2.75, 3.05) is 7.05 Å². The van der Waals surface area contributed by atoms with Gasteiger partial charge in [0.1, 0.15) is 0 Å². The van der Waals surface area contributed by atoms with Crippen LogP contribution < -0.4 is 5.32 Å². The highest BCUT2D eigenvalue weighted by molar-refractivity contribution is 5.36. The quantitative estimate of drug-likeness (QED) is 0.914. The van der Waals surface area contributed by atoms with E-state index in [4.69, 9.17) is 0 Å². The van der Waals surface area contributed by atoms with Crippen molar-refractivity contribution in [3.8, 4) is 0 Å². The Morgan fingerprint density at radius 3 is 2.80 bits per heavy atom. The molecule has 0 saturated carbocycles. The van der Waals surface area contributed by atoms with Crippen molar-refractivity contribution >= 4 is 0 Å². The summed E-state index contributed by atoms with van der Waals surface area (Å²) in [5.74, 6) is 0.550. The Morgan fingerprint density at radius 1 is 1.20 bits per heavy atom. The molecule has 0 spiro atoms. The third kappa shape index (κ3) is 2.48. The van der Waals surface area contributed by atoms with E-state index < -0.39 is 0 Å². The SMILES string of the molecule is CNC(c1ccc(C)nc1)C1CCCc2ccccc21. The Hall–Kier alpha value is -1.67. The summed E-state index contributed by atoms with van der Waals surface area (Å²) in [6.45, 7) is 2.04. The van der Waals surface area contributed by atoms with Crippen molar-refractivity contribution in [2.24, 2.45) is 0 Å². The maximum absolute atomic E-state index is 4.46. The van der Waals surface area contributed by atoms with Gasteiger partial charge >= 0.3 is 0 Å². The fourth-order valence-corrected chi connectivity index (χ4v) is 3.40. The monoisotopic (exact) mass is 266 g/mol. The summed E-state index contributed by atoms with van der Waals surface area (Å²) in [7, 11) is 2.06. The molecule has 1 aliphatic carbocycles. The molecule has 0 amide bonds. The third-order valence-corrected chi connectivity index (χ3v) is 4.42. The van der Waals surface area contributed by atoms with Crippen LogP contribution >= 0.6 is 0 Å². The molecule has 2 atom stereocenters. The molecule has 2 unspecified atom stereocenters. The minimum Gasteiger partial charge on any atom is -0.312 e. The topological polar surface area (TPSA) is 24.9 Å². The number of aromatic nitrogens is 1. The second-order valence-electron chi connectivity index (χ2n) is 5.70. The number of benzene rings is 1. The largest absolute Gasteiger partial charge is 0.312 e. The number of pyridine rings is 1. The van der Waals surface area contributed by atoms with Gasteiger partial charge in [0.05, 0.1) is 0 Å². The van der Waals surface area contributed by atoms with Gasteiger partial charge in [-0.15, -0.1) is 0 Å². The summed E-state index contributed by atoms with van der Waals surface area (Å²) >= 11 is 0. The summed E-state index contributed by atoms with van der Waals surface area (Å²) in [6, 6.07) is 13.6. The average molecular weight is 266 g/mol. The van der Waals surface area contributed by atoms with Crippen LogP contribution in [0.2, 0.25) is 0 Å². The molecule has 104 valence electrons. The van der Waals surface area contributed by atoms with Crippen LogP contribution in [0, 0.1) is 6.92 Å². The molecular formula is C18H22N2. The molecule has 0 saturated heterocycles. The molecule has 20 heavy (non-hydrogen) atoms. The maximum atomic E-state index is 4.46. The first-order chi connectivity index (χ1) is 9.79. The molecule has 1 heterocycles. The van der Waals surface area contributed by atoms with E-state index in [0.29, 0.717) is 12.0 Å². The van der Waals surface area contributed by atoms with Crippen molar-refractivity contribution in [2.45, 2.75) is 38.1 Å². The van der Waals surface area contributed by atoms with Crippen LogP contribution in [0.25, 0.3) is 0 Å². The first-order valence-corrected chi connectivity index (χ1v) is 7.47. The van der Waals surface area contributed by atoms with E-state index in [9.17, 15) is 0 Å². The van der Waals surface area contributed by atoms with Gasteiger partial charge in [0, 0.05) is 23.9 Å². The lowest BCUT2D eigenvalue weighted by Gasteiger charge is -2.32. The molecule has 0 aliphatic heterocycles. The molecule has 0 bridgehead atoms. The predicted octanol–water partition coefficient (Wildman–Crippen LogP) is 3.77. The van der Waals surface area contributed by atoms with Gasteiger partial charge in [0.2, 0.25) is 0 Å². The lowest BCUT2D eigenvalue weighted by Crippen LogP contribution is -2.26. The zero-order valence-corrected chi connectivity index (χ0v) is 12.3. The van der Waals surface area contributed by atoms with Crippen molar-refractivity contribution in [3.05, 3.63) is 65.0 Å². The van der Waals surface area contributed by atoms with Crippen molar-refractivity contribution in [1.29, 1.82) is 0 Å². The Labute approximate surface area is 121 Å². The van der Waals surface area contributed by atoms with E-state index in [0.717, 1.165) is 5.69 Å². The highest BCUT2D eigenvalue weighted by Gasteiger charge is 2.27. The number of nitrogens with zero attached hydrogens (tertiary/aromatic N) is 1. The number of nitrogens with one attached hydrogen (secondary N) is 1. The fourth-order valence-electron chi connectivity index (χ4n) is 3.40. The minimum absolute atomic E-state index is 0.351. The molecule has 1 aliphatic rings. The number of aryl methyl sites for hydroxylation is 2. The normalized spacial score (nSPS) is 19.4. The predicted molar refractivity (Wildman–Crippen MR) is 82.9 cm³/mol. The van der Waals surface area contributed by atoms with E-state index in [1.54, 1.807) is 0 Å². The summed E-state index contributed by atoms with van der Waals surface area (Å²) in [5, 5.41) is 3.51. The van der Waals surface area contributed by atoms with Gasteiger partial charge in [0.25, 0.3) is 0 Å². The number of hydrogen-bond donors (Lipinski definition) is 1. The molecule has 0 fully saturated rings. The Balaban J connectivity index is 1.96. The third-order valence-electron chi connectivity index (χ3n) is 4.42. The van der Waals surface area contributed by atoms with Crippen LogP contribution in [-0.4, -0.2) is 12.0 Å². The molecule has 3 rings (SSSR count). The van der Waals surface area contributed by atoms with E-state index >= 15 is 0 Å². The van der Waals surface area contributed by atoms with Crippen LogP contribution in [0.3, 0.4) is 0 Å². The maximum Gasteiger partial charge on any atom is 0.0402 e. The van der Waals surface area contributed by atoms with Crippen LogP contribution in [0.1, 0.15) is 47.2 Å². The smallest absolute Gasteiger partial charge is 0.0402 e. The highest BCUT2D eigenvalue weighted by Crippen LogP contribution is 2.39. The lowest BCUT2D eigenvalue weighted by molar-refractivity contribution is 0.424. The van der Waals surface area contributed by atoms with Gasteiger partial charge in [0.15, 0.2) is 0 Å². The van der Waals surface area contributed by atoms with E-state index in [2.05, 4.69) is 53.7 Å². The Kier molecular flexibility index (Phi) is 3.83. The fraction of sp³-hybridized carbons (Fsp3) is 0.389. The summed E-state index contributed by atoms with van der Waals surface area (Å²) in [4.78, 5) is 4.46. The van der Waals surface area contributed by atoms with Crippen molar-refractivity contribution in [3.63, 3.8) is 0 Å². The zero-order valence-electron chi connectivity index (χ0n) is 12.3. The molecule has 2 heteroatoms. The second kappa shape index (κ2) is 5.76. The zero-order chi connectivity index (χ0) is 13.9. The van der Waals surface area contributed by atoms with E-state index in [1.807, 2.05) is 13.1 Å². The van der Waals surface area contributed by atoms with Gasteiger partial charge in [-0.3, -0.25) is 4.98 Å². The minimum atomic E-state index is 0.351. The first kappa shape index (κ1) is 13.3. The van der Waals surface area contributed by atoms with Gasteiger partial charge in [-0.25, -0.2) is 0 Å². The van der Waals surface area contributed by atoms with Gasteiger partial charge in [-0.05, 0) is 56.0 Å². The van der Waals surface area contributed by atoms with Gasteiger partial charge in [-0.1, -0.05) is 30.3 Å². The summed E-state index contributed by atoms with van der Waals surface area (Å²) in [6.07, 6.45) is 5.76. The Morgan fingerprint density at radius 2 is 2.05 bits per heavy atom. The molecule has 2 aromatic rings. The second-order valence-corrected chi connectivity index (χ2v) is 5.70. The molecule has 1 aromatic carbocycles. The number of hydrogen-bond acceptors (Lipinski definition) is 2. The molecular weight excluding hydrogens is 244 g/mol. The van der Waals surface area contributed by atoms with Gasteiger partial charge < -0.3 is 5.32 Å². The summed E-state index contributed by atoms with van der Waals surface area (Å²) < 4.78 is 0. The summed E-state index contributed by atoms with van der Waals surface area (Å²) in [5.41, 5.74) is 5.40. The molecule has 0 radical (unpaired) electrons. The molecule has 1 N–H and O–H groups in total. The van der Waals surface area contributed by atoms with E-state index in [1.165, 1.54) is 36.0 Å². The number of fused-ring (bicyclic) bond motifs is 1. The Bertz CT molecular complexity index is 574. The molecule has 1 aromatic heterocycles. The number of rotatable bonds is 3. The van der Waals surface area contributed by atoms with Crippen LogP contribution in [0.15, 0.2) is 42.6 Å². The number of likely N-dealkylation sites (N-methyl/N-ethyl adjacent to an activating group) is 1.